The molecule has 1 atom stereocenters. The van der Waals surface area contributed by atoms with Crippen molar-refractivity contribution in [2.24, 2.45) is 0 Å². The first kappa shape index (κ1) is 15.9. The van der Waals surface area contributed by atoms with Crippen LogP contribution in [0.15, 0.2) is 24.3 Å². The summed E-state index contributed by atoms with van der Waals surface area (Å²) in [5, 5.41) is 8.84. The van der Waals surface area contributed by atoms with Crippen molar-refractivity contribution in [2.45, 2.75) is 18.7 Å². The van der Waals surface area contributed by atoms with Crippen molar-refractivity contribution in [1.82, 2.24) is 9.21 Å². The molecule has 0 aliphatic carbocycles. The van der Waals surface area contributed by atoms with Crippen LogP contribution in [0.2, 0.25) is 0 Å². The van der Waals surface area contributed by atoms with Crippen LogP contribution in [0.1, 0.15) is 22.8 Å². The monoisotopic (exact) mass is 312 g/mol. The third-order valence-corrected chi connectivity index (χ3v) is 5.68. The van der Waals surface area contributed by atoms with E-state index in [2.05, 4.69) is 4.90 Å². The molecule has 0 radical (unpaired) electrons. The van der Waals surface area contributed by atoms with Crippen LogP contribution in [0.5, 0.6) is 0 Å². The zero-order valence-electron chi connectivity index (χ0n) is 12.2. The Bertz CT molecular complexity index is 612. The highest BCUT2D eigenvalue weighted by Gasteiger charge is 2.29. The predicted molar refractivity (Wildman–Crippen MR) is 79.7 cm³/mol. The Hall–Kier alpha value is -1.44. The quantitative estimate of drug-likeness (QED) is 0.892. The summed E-state index contributed by atoms with van der Waals surface area (Å²) >= 11 is 0. The highest BCUT2D eigenvalue weighted by molar-refractivity contribution is 7.88. The summed E-state index contributed by atoms with van der Waals surface area (Å²) in [7, 11) is -1.38. The van der Waals surface area contributed by atoms with E-state index in [9.17, 15) is 13.2 Å². The molecule has 0 spiro atoms. The standard InChI is InChI=1S/C14H20N2O4S/c1-11-9-16(8-7-15(11)2)21(19,20)10-12-3-5-13(6-4-12)14(17)18/h3-6,11H,7-10H2,1-2H3,(H,17,18). The number of hydrogen-bond donors (Lipinski definition) is 1. The number of nitrogens with zero attached hydrogens (tertiary/aromatic N) is 2. The minimum atomic E-state index is -3.37. The van der Waals surface area contributed by atoms with Gasteiger partial charge in [0.05, 0.1) is 11.3 Å². The number of hydrogen-bond acceptors (Lipinski definition) is 4. The number of benzene rings is 1. The van der Waals surface area contributed by atoms with Crippen LogP contribution in [0.4, 0.5) is 0 Å². The molecular weight excluding hydrogens is 292 g/mol. The van der Waals surface area contributed by atoms with Crippen molar-refractivity contribution in [1.29, 1.82) is 0 Å². The van der Waals surface area contributed by atoms with Gasteiger partial charge < -0.3 is 10.0 Å². The average Bonchev–Trinajstić information content (AvgIpc) is 2.42. The zero-order valence-corrected chi connectivity index (χ0v) is 13.0. The van der Waals surface area contributed by atoms with Gasteiger partial charge in [-0.2, -0.15) is 4.31 Å². The molecule has 0 bridgehead atoms. The third kappa shape index (κ3) is 3.81. The maximum atomic E-state index is 12.4. The Labute approximate surface area is 125 Å². The summed E-state index contributed by atoms with van der Waals surface area (Å²) in [6.45, 7) is 3.71. The molecule has 1 aromatic carbocycles. The fourth-order valence-corrected chi connectivity index (χ4v) is 3.91. The number of sulfonamides is 1. The topological polar surface area (TPSA) is 77.9 Å². The first-order valence-corrected chi connectivity index (χ1v) is 8.41. The van der Waals surface area contributed by atoms with Gasteiger partial charge in [-0.1, -0.05) is 12.1 Å². The largest absolute Gasteiger partial charge is 0.478 e. The molecule has 1 unspecified atom stereocenters. The maximum Gasteiger partial charge on any atom is 0.335 e. The zero-order chi connectivity index (χ0) is 15.6. The van der Waals surface area contributed by atoms with E-state index >= 15 is 0 Å². The van der Waals surface area contributed by atoms with E-state index in [-0.39, 0.29) is 17.4 Å². The molecule has 21 heavy (non-hydrogen) atoms. The summed E-state index contributed by atoms with van der Waals surface area (Å²) < 4.78 is 26.4. The van der Waals surface area contributed by atoms with Crippen LogP contribution < -0.4 is 0 Å². The molecule has 6 nitrogen and oxygen atoms in total. The Morgan fingerprint density at radius 3 is 2.43 bits per heavy atom. The fourth-order valence-electron chi connectivity index (χ4n) is 2.31. The number of carbonyl (C=O) groups is 1. The van der Waals surface area contributed by atoms with Crippen molar-refractivity contribution in [3.8, 4) is 0 Å². The van der Waals surface area contributed by atoms with Crippen LogP contribution in [0, 0.1) is 0 Å². The number of piperazine rings is 1. The van der Waals surface area contributed by atoms with Crippen LogP contribution in [-0.2, 0) is 15.8 Å². The second-order valence-corrected chi connectivity index (χ2v) is 7.41. The Balaban J connectivity index is 2.08. The van der Waals surface area contributed by atoms with Gasteiger partial charge in [-0.25, -0.2) is 13.2 Å². The lowest BCUT2D eigenvalue weighted by molar-refractivity contribution is 0.0697. The molecule has 1 N–H and O–H groups in total. The van der Waals surface area contributed by atoms with Crippen LogP contribution in [0.25, 0.3) is 0 Å². The van der Waals surface area contributed by atoms with Gasteiger partial charge >= 0.3 is 5.97 Å². The lowest BCUT2D eigenvalue weighted by Crippen LogP contribution is -2.52. The smallest absolute Gasteiger partial charge is 0.335 e. The number of likely N-dealkylation sites (N-methyl/N-ethyl adjacent to an activating group) is 1. The van der Waals surface area contributed by atoms with Crippen LogP contribution in [0.3, 0.4) is 0 Å². The van der Waals surface area contributed by atoms with Gasteiger partial charge in [0.25, 0.3) is 0 Å². The van der Waals surface area contributed by atoms with Crippen LogP contribution >= 0.6 is 0 Å². The Morgan fingerprint density at radius 1 is 1.29 bits per heavy atom. The average molecular weight is 312 g/mol. The van der Waals surface area contributed by atoms with E-state index in [1.807, 2.05) is 14.0 Å². The first-order chi connectivity index (χ1) is 9.79. The lowest BCUT2D eigenvalue weighted by atomic mass is 10.1. The molecule has 0 saturated carbocycles. The van der Waals surface area contributed by atoms with Gasteiger partial charge in [0.2, 0.25) is 10.0 Å². The molecular formula is C14H20N2O4S. The van der Waals surface area contributed by atoms with Crippen molar-refractivity contribution in [3.63, 3.8) is 0 Å². The van der Waals surface area contributed by atoms with Gasteiger partial charge in [0.15, 0.2) is 0 Å². The predicted octanol–water partition coefficient (Wildman–Crippen LogP) is 0.851. The number of carboxylic acid groups (broad SMARTS) is 1. The third-order valence-electron chi connectivity index (χ3n) is 3.87. The van der Waals surface area contributed by atoms with E-state index < -0.39 is 16.0 Å². The molecule has 1 saturated heterocycles. The van der Waals surface area contributed by atoms with Gasteiger partial charge in [-0.05, 0) is 31.7 Å². The summed E-state index contributed by atoms with van der Waals surface area (Å²) in [6.07, 6.45) is 0. The lowest BCUT2D eigenvalue weighted by Gasteiger charge is -2.36. The normalized spacial score (nSPS) is 21.3. The number of carboxylic acids is 1. The van der Waals surface area contributed by atoms with Crippen molar-refractivity contribution < 1.29 is 18.3 Å². The molecule has 1 heterocycles. The molecule has 0 aromatic heterocycles. The molecule has 1 fully saturated rings. The van der Waals surface area contributed by atoms with Gasteiger partial charge in [-0.3, -0.25) is 0 Å². The summed E-state index contributed by atoms with van der Waals surface area (Å²) in [5.41, 5.74) is 0.760. The molecule has 7 heteroatoms. The first-order valence-electron chi connectivity index (χ1n) is 6.80. The van der Waals surface area contributed by atoms with Gasteiger partial charge in [0, 0.05) is 25.7 Å². The summed E-state index contributed by atoms with van der Waals surface area (Å²) in [4.78, 5) is 12.9. The van der Waals surface area contributed by atoms with Gasteiger partial charge in [0.1, 0.15) is 0 Å². The fraction of sp³-hybridized carbons (Fsp3) is 0.500. The SMILES string of the molecule is CC1CN(S(=O)(=O)Cc2ccc(C(=O)O)cc2)CCN1C. The minimum absolute atomic E-state index is 0.0939. The Kier molecular flexibility index (Phi) is 4.65. The highest BCUT2D eigenvalue weighted by atomic mass is 32.2. The minimum Gasteiger partial charge on any atom is -0.478 e. The van der Waals surface area contributed by atoms with E-state index in [0.717, 1.165) is 6.54 Å². The van der Waals surface area contributed by atoms with E-state index in [1.165, 1.54) is 16.4 Å². The molecule has 0 amide bonds. The van der Waals surface area contributed by atoms with Crippen molar-refractivity contribution in [3.05, 3.63) is 35.4 Å². The van der Waals surface area contributed by atoms with Crippen molar-refractivity contribution >= 4 is 16.0 Å². The summed E-state index contributed by atoms with van der Waals surface area (Å²) in [6, 6.07) is 6.17. The number of aromatic carboxylic acids is 1. The second kappa shape index (κ2) is 6.13. The Morgan fingerprint density at radius 2 is 1.90 bits per heavy atom. The number of rotatable bonds is 4. The molecule has 2 rings (SSSR count). The highest BCUT2D eigenvalue weighted by Crippen LogP contribution is 2.16. The second-order valence-electron chi connectivity index (χ2n) is 5.45. The molecule has 1 aliphatic rings. The van der Waals surface area contributed by atoms with Crippen LogP contribution in [-0.4, -0.2) is 61.4 Å². The molecule has 116 valence electrons. The molecule has 1 aromatic rings. The van der Waals surface area contributed by atoms with E-state index in [4.69, 9.17) is 5.11 Å². The van der Waals surface area contributed by atoms with E-state index in [0.29, 0.717) is 18.7 Å². The van der Waals surface area contributed by atoms with Gasteiger partial charge in [-0.15, -0.1) is 0 Å². The summed E-state index contributed by atoms with van der Waals surface area (Å²) in [5.74, 6) is -1.11. The maximum absolute atomic E-state index is 12.4. The van der Waals surface area contributed by atoms with Crippen molar-refractivity contribution in [2.75, 3.05) is 26.7 Å². The van der Waals surface area contributed by atoms with E-state index in [1.54, 1.807) is 12.1 Å². The molecule has 1 aliphatic heterocycles.